The molecule has 1 atom stereocenters. The predicted molar refractivity (Wildman–Crippen MR) is 88.1 cm³/mol. The molecule has 7 heteroatoms. The molecule has 2 aromatic rings. The van der Waals surface area contributed by atoms with Crippen LogP contribution in [0.5, 0.6) is 11.5 Å². The summed E-state index contributed by atoms with van der Waals surface area (Å²) in [5, 5.41) is 4.59. The molecule has 0 spiro atoms. The number of rotatable bonds is 4. The molecule has 1 N–H and O–H groups in total. The number of ether oxygens (including phenoxy) is 2. The lowest BCUT2D eigenvalue weighted by Gasteiger charge is -2.13. The van der Waals surface area contributed by atoms with Crippen molar-refractivity contribution in [2.75, 3.05) is 18.5 Å². The van der Waals surface area contributed by atoms with Crippen molar-refractivity contribution in [1.29, 1.82) is 0 Å². The van der Waals surface area contributed by atoms with Gasteiger partial charge in [0.2, 0.25) is 5.91 Å². The lowest BCUT2D eigenvalue weighted by molar-refractivity contribution is -0.115. The molecular weight excluding hydrogens is 320 g/mol. The Labute approximate surface area is 137 Å². The fourth-order valence-electron chi connectivity index (χ4n) is 1.96. The van der Waals surface area contributed by atoms with Crippen LogP contribution in [0.3, 0.4) is 0 Å². The molecule has 22 heavy (non-hydrogen) atoms. The maximum absolute atomic E-state index is 12.2. The fourth-order valence-corrected chi connectivity index (χ4v) is 3.73. The minimum absolute atomic E-state index is 0.0605. The summed E-state index contributed by atoms with van der Waals surface area (Å²) in [4.78, 5) is 16.4. The van der Waals surface area contributed by atoms with E-state index in [0.717, 1.165) is 16.5 Å². The van der Waals surface area contributed by atoms with Crippen molar-refractivity contribution in [3.63, 3.8) is 0 Å². The third-order valence-corrected chi connectivity index (χ3v) is 5.09. The quantitative estimate of drug-likeness (QED) is 0.867. The van der Waals surface area contributed by atoms with E-state index in [9.17, 15) is 4.79 Å². The number of fused-ring (bicyclic) bond motifs is 1. The highest BCUT2D eigenvalue weighted by atomic mass is 32.2. The number of aromatic nitrogens is 1. The maximum Gasteiger partial charge on any atom is 0.237 e. The molecule has 0 saturated heterocycles. The molecule has 1 amide bonds. The summed E-state index contributed by atoms with van der Waals surface area (Å²) >= 11 is 2.98. The van der Waals surface area contributed by atoms with Crippen LogP contribution in [0.25, 0.3) is 0 Å². The molecule has 1 aromatic carbocycles. The number of nitrogens with one attached hydrogen (secondary N) is 1. The molecule has 5 nitrogen and oxygen atoms in total. The number of carbonyl (C=O) groups excluding carboxylic acids is 1. The summed E-state index contributed by atoms with van der Waals surface area (Å²) in [5.74, 6) is 1.34. The highest BCUT2D eigenvalue weighted by molar-refractivity contribution is 8.02. The number of amides is 1. The average molecular weight is 336 g/mol. The normalized spacial score (nSPS) is 15.0. The summed E-state index contributed by atoms with van der Waals surface area (Å²) in [7, 11) is 0. The zero-order chi connectivity index (χ0) is 15.4. The Morgan fingerprint density at radius 3 is 2.95 bits per heavy atom. The second-order valence-electron chi connectivity index (χ2n) is 4.76. The fraction of sp³-hybridized carbons (Fsp3) is 0.333. The third kappa shape index (κ3) is 3.72. The first kappa shape index (κ1) is 15.2. The van der Waals surface area contributed by atoms with Gasteiger partial charge >= 0.3 is 0 Å². The number of hydrogen-bond donors (Lipinski definition) is 1. The standard InChI is InChI=1S/C15H16N2O3S2/c1-10(22-15-16-5-8-21-15)14(18)17-11-3-4-12-13(9-11)20-7-2-6-19-12/h3-5,8-10H,2,6-7H2,1H3,(H,17,18)/t10-/m0/s1. The summed E-state index contributed by atoms with van der Waals surface area (Å²) in [6.45, 7) is 3.14. The average Bonchev–Trinajstić information content (AvgIpc) is 2.90. The summed E-state index contributed by atoms with van der Waals surface area (Å²) in [5.41, 5.74) is 0.709. The third-order valence-electron chi connectivity index (χ3n) is 3.07. The molecule has 2 heterocycles. The number of carbonyl (C=O) groups is 1. The van der Waals surface area contributed by atoms with Crippen molar-refractivity contribution >= 4 is 34.7 Å². The van der Waals surface area contributed by atoms with Crippen molar-refractivity contribution in [3.8, 4) is 11.5 Å². The molecular formula is C15H16N2O3S2. The van der Waals surface area contributed by atoms with Gasteiger partial charge in [0.1, 0.15) is 0 Å². The lowest BCUT2D eigenvalue weighted by Crippen LogP contribution is -2.22. The van der Waals surface area contributed by atoms with Crippen LogP contribution in [0.1, 0.15) is 13.3 Å². The van der Waals surface area contributed by atoms with Crippen molar-refractivity contribution < 1.29 is 14.3 Å². The Balaban J connectivity index is 1.64. The van der Waals surface area contributed by atoms with Crippen molar-refractivity contribution in [1.82, 2.24) is 4.98 Å². The Kier molecular flexibility index (Phi) is 4.84. The zero-order valence-corrected chi connectivity index (χ0v) is 13.7. The van der Waals surface area contributed by atoms with Gasteiger partial charge in [0, 0.05) is 29.8 Å². The van der Waals surface area contributed by atoms with Crippen LogP contribution in [0.15, 0.2) is 34.1 Å². The monoisotopic (exact) mass is 336 g/mol. The number of benzene rings is 1. The number of hydrogen-bond acceptors (Lipinski definition) is 6. The van der Waals surface area contributed by atoms with E-state index in [0.29, 0.717) is 24.7 Å². The van der Waals surface area contributed by atoms with Gasteiger partial charge in [-0.15, -0.1) is 11.3 Å². The Bertz CT molecular complexity index is 646. The van der Waals surface area contributed by atoms with Crippen LogP contribution in [0.2, 0.25) is 0 Å². The summed E-state index contributed by atoms with van der Waals surface area (Å²) in [6.07, 6.45) is 2.60. The highest BCUT2D eigenvalue weighted by Crippen LogP contribution is 2.33. The first-order chi connectivity index (χ1) is 10.7. The van der Waals surface area contributed by atoms with Gasteiger partial charge in [0.25, 0.3) is 0 Å². The first-order valence-electron chi connectivity index (χ1n) is 6.99. The van der Waals surface area contributed by atoms with Gasteiger partial charge in [-0.1, -0.05) is 11.8 Å². The first-order valence-corrected chi connectivity index (χ1v) is 8.75. The molecule has 0 aliphatic carbocycles. The smallest absolute Gasteiger partial charge is 0.237 e. The van der Waals surface area contributed by atoms with Crippen LogP contribution >= 0.6 is 23.1 Å². The molecule has 1 aliphatic rings. The molecule has 0 unspecified atom stereocenters. The van der Waals surface area contributed by atoms with E-state index in [1.165, 1.54) is 23.1 Å². The molecule has 0 fully saturated rings. The van der Waals surface area contributed by atoms with Crippen molar-refractivity contribution in [2.45, 2.75) is 22.9 Å². The highest BCUT2D eigenvalue weighted by Gasteiger charge is 2.17. The predicted octanol–water partition coefficient (Wildman–Crippen LogP) is 3.42. The van der Waals surface area contributed by atoms with Crippen molar-refractivity contribution in [3.05, 3.63) is 29.8 Å². The molecule has 3 rings (SSSR count). The Morgan fingerprint density at radius 2 is 2.18 bits per heavy atom. The van der Waals surface area contributed by atoms with Crippen molar-refractivity contribution in [2.24, 2.45) is 0 Å². The zero-order valence-electron chi connectivity index (χ0n) is 12.1. The summed E-state index contributed by atoms with van der Waals surface area (Å²) in [6, 6.07) is 5.46. The molecule has 0 bridgehead atoms. The second kappa shape index (κ2) is 7.02. The van der Waals surface area contributed by atoms with Gasteiger partial charge < -0.3 is 14.8 Å². The van der Waals surface area contributed by atoms with E-state index in [1.54, 1.807) is 12.3 Å². The van der Waals surface area contributed by atoms with E-state index in [2.05, 4.69) is 10.3 Å². The van der Waals surface area contributed by atoms with Gasteiger partial charge in [0.15, 0.2) is 15.8 Å². The lowest BCUT2D eigenvalue weighted by atomic mass is 10.2. The molecule has 1 aliphatic heterocycles. The van der Waals surface area contributed by atoms with Gasteiger partial charge in [-0.2, -0.15) is 0 Å². The number of anilines is 1. The second-order valence-corrected chi connectivity index (χ2v) is 7.24. The van der Waals surface area contributed by atoms with Crippen LogP contribution in [0, 0.1) is 0 Å². The van der Waals surface area contributed by atoms with Crippen LogP contribution in [-0.4, -0.2) is 29.4 Å². The minimum Gasteiger partial charge on any atom is -0.490 e. The largest absolute Gasteiger partial charge is 0.490 e. The Morgan fingerprint density at radius 1 is 1.36 bits per heavy atom. The van der Waals surface area contributed by atoms with E-state index in [1.807, 2.05) is 24.4 Å². The number of nitrogens with zero attached hydrogens (tertiary/aromatic N) is 1. The van der Waals surface area contributed by atoms with Crippen LogP contribution < -0.4 is 14.8 Å². The van der Waals surface area contributed by atoms with Crippen LogP contribution in [-0.2, 0) is 4.79 Å². The van der Waals surface area contributed by atoms with Gasteiger partial charge in [-0.05, 0) is 19.1 Å². The molecule has 1 aromatic heterocycles. The SMILES string of the molecule is C[C@H](Sc1nccs1)C(=O)Nc1ccc2c(c1)OCCCO2. The number of thiazole rings is 1. The topological polar surface area (TPSA) is 60.5 Å². The summed E-state index contributed by atoms with van der Waals surface area (Å²) < 4.78 is 12.1. The minimum atomic E-state index is -0.220. The van der Waals surface area contributed by atoms with E-state index in [4.69, 9.17) is 9.47 Å². The Hall–Kier alpha value is -1.73. The van der Waals surface area contributed by atoms with Gasteiger partial charge in [-0.25, -0.2) is 4.98 Å². The van der Waals surface area contributed by atoms with E-state index in [-0.39, 0.29) is 11.2 Å². The van der Waals surface area contributed by atoms with E-state index < -0.39 is 0 Å². The van der Waals surface area contributed by atoms with Gasteiger partial charge in [-0.3, -0.25) is 4.79 Å². The molecule has 0 saturated carbocycles. The molecule has 0 radical (unpaired) electrons. The molecule has 116 valence electrons. The van der Waals surface area contributed by atoms with Gasteiger partial charge in [0.05, 0.1) is 18.5 Å². The van der Waals surface area contributed by atoms with E-state index >= 15 is 0 Å². The maximum atomic E-state index is 12.2. The van der Waals surface area contributed by atoms with Crippen LogP contribution in [0.4, 0.5) is 5.69 Å². The number of thioether (sulfide) groups is 1.